The van der Waals surface area contributed by atoms with Gasteiger partial charge in [0.2, 0.25) is 0 Å². The summed E-state index contributed by atoms with van der Waals surface area (Å²) >= 11 is 0. The van der Waals surface area contributed by atoms with Crippen LogP contribution in [0.2, 0.25) is 0 Å². The summed E-state index contributed by atoms with van der Waals surface area (Å²) in [4.78, 5) is 23.3. The van der Waals surface area contributed by atoms with Gasteiger partial charge in [-0.05, 0) is 41.5 Å². The van der Waals surface area contributed by atoms with E-state index >= 15 is 0 Å². The topological polar surface area (TPSA) is 89.5 Å². The lowest BCUT2D eigenvalue weighted by molar-refractivity contribution is -0.242. The van der Waals surface area contributed by atoms with Crippen LogP contribution in [0.4, 0.5) is 4.79 Å². The molecule has 2 unspecified atom stereocenters. The second kappa shape index (κ2) is 9.39. The van der Waals surface area contributed by atoms with Crippen molar-refractivity contribution in [3.63, 3.8) is 0 Å². The summed E-state index contributed by atoms with van der Waals surface area (Å²) in [5.74, 6) is 0. The lowest BCUT2D eigenvalue weighted by atomic mass is 10.2. The van der Waals surface area contributed by atoms with E-state index in [9.17, 15) is 9.90 Å². The molecule has 0 spiro atoms. The van der Waals surface area contributed by atoms with Gasteiger partial charge in [0.15, 0.2) is 0 Å². The van der Waals surface area contributed by atoms with Crippen LogP contribution in [0.15, 0.2) is 0 Å². The number of methoxy groups -OCH3 is 1. The van der Waals surface area contributed by atoms with E-state index in [1.54, 1.807) is 48.6 Å². The number of carbonyl (C=O) groups excluding carboxylic acids is 1. The molecule has 1 amide bonds. The van der Waals surface area contributed by atoms with Gasteiger partial charge in [-0.15, -0.1) is 0 Å². The Morgan fingerprint density at radius 1 is 1.26 bits per heavy atom. The Kier molecular flexibility index (Phi) is 9.01. The second-order valence-corrected chi connectivity index (χ2v) is 6.85. The summed E-state index contributed by atoms with van der Waals surface area (Å²) in [7, 11) is 3.16. The van der Waals surface area contributed by atoms with Gasteiger partial charge in [0.25, 0.3) is 0 Å². The molecule has 0 saturated heterocycles. The first-order valence-corrected chi connectivity index (χ1v) is 7.61. The third-order valence-corrected chi connectivity index (χ3v) is 2.81. The van der Waals surface area contributed by atoms with Gasteiger partial charge in [-0.3, -0.25) is 9.68 Å². The van der Waals surface area contributed by atoms with E-state index in [1.807, 2.05) is 0 Å². The Hall–Kier alpha value is -0.930. The average molecular weight is 336 g/mol. The molecule has 23 heavy (non-hydrogen) atoms. The minimum Gasteiger partial charge on any atom is -0.442 e. The zero-order valence-electron chi connectivity index (χ0n) is 15.5. The molecule has 0 radical (unpaired) electrons. The maximum atomic E-state index is 12.4. The quantitative estimate of drug-likeness (QED) is 0.616. The van der Waals surface area contributed by atoms with Gasteiger partial charge < -0.3 is 14.6 Å². The Morgan fingerprint density at radius 3 is 2.22 bits per heavy atom. The van der Waals surface area contributed by atoms with Crippen LogP contribution in [0.5, 0.6) is 0 Å². The molecular formula is C15H32N2O6. The number of carbonyl (C=O) groups is 1. The zero-order chi connectivity index (χ0) is 18.3. The third kappa shape index (κ3) is 9.07. The fourth-order valence-electron chi connectivity index (χ4n) is 1.63. The number of amides is 1. The largest absolute Gasteiger partial charge is 0.442 e. The smallest absolute Gasteiger partial charge is 0.434 e. The van der Waals surface area contributed by atoms with E-state index in [-0.39, 0.29) is 19.3 Å². The highest BCUT2D eigenvalue weighted by atomic mass is 16.7. The number of aliphatic hydroxyl groups excluding tert-OH is 1. The maximum Gasteiger partial charge on any atom is 0.434 e. The van der Waals surface area contributed by atoms with Crippen LogP contribution in [0.1, 0.15) is 41.5 Å². The number of ether oxygens (including phenoxy) is 2. The van der Waals surface area contributed by atoms with Gasteiger partial charge in [0, 0.05) is 14.2 Å². The third-order valence-electron chi connectivity index (χ3n) is 2.81. The molecule has 0 bridgehead atoms. The molecule has 0 heterocycles. The van der Waals surface area contributed by atoms with Crippen molar-refractivity contribution >= 4 is 6.09 Å². The van der Waals surface area contributed by atoms with E-state index < -0.39 is 23.4 Å². The van der Waals surface area contributed by atoms with Crippen LogP contribution in [0, 0.1) is 0 Å². The van der Waals surface area contributed by atoms with Gasteiger partial charge in [0.05, 0.1) is 13.2 Å². The number of aliphatic hydroxyl groups is 1. The molecule has 0 rings (SSSR count). The lowest BCUT2D eigenvalue weighted by Gasteiger charge is -2.35. The van der Waals surface area contributed by atoms with E-state index in [1.165, 1.54) is 7.11 Å². The Balaban J connectivity index is 5.13. The number of rotatable bonds is 9. The Bertz CT molecular complexity index is 356. The summed E-state index contributed by atoms with van der Waals surface area (Å²) in [6, 6.07) is 0. The van der Waals surface area contributed by atoms with Gasteiger partial charge >= 0.3 is 6.09 Å². The SMILES string of the molecule is CNOC(C)C(CN(OC(C)(C)CO)C(=O)OC(C)(C)C)OC. The fraction of sp³-hybridized carbons (Fsp3) is 0.933. The number of hydrogen-bond acceptors (Lipinski definition) is 7. The van der Waals surface area contributed by atoms with Crippen molar-refractivity contribution in [2.24, 2.45) is 0 Å². The predicted molar refractivity (Wildman–Crippen MR) is 85.6 cm³/mol. The van der Waals surface area contributed by atoms with Crippen molar-refractivity contribution in [1.82, 2.24) is 10.5 Å². The molecule has 0 aromatic carbocycles. The number of nitrogens with zero attached hydrogens (tertiary/aromatic N) is 1. The van der Waals surface area contributed by atoms with Crippen LogP contribution >= 0.6 is 0 Å². The summed E-state index contributed by atoms with van der Waals surface area (Å²) in [6.07, 6.45) is -1.45. The van der Waals surface area contributed by atoms with Crippen LogP contribution in [0.25, 0.3) is 0 Å². The van der Waals surface area contributed by atoms with Crippen molar-refractivity contribution in [2.45, 2.75) is 65.0 Å². The summed E-state index contributed by atoms with van der Waals surface area (Å²) in [5, 5.41) is 10.4. The van der Waals surface area contributed by atoms with Crippen molar-refractivity contribution in [2.75, 3.05) is 27.3 Å². The molecule has 0 aliphatic rings. The number of nitrogens with one attached hydrogen (secondary N) is 1. The van der Waals surface area contributed by atoms with E-state index in [4.69, 9.17) is 19.1 Å². The first-order chi connectivity index (χ1) is 10.5. The highest BCUT2D eigenvalue weighted by Gasteiger charge is 2.32. The van der Waals surface area contributed by atoms with Gasteiger partial charge in [-0.1, -0.05) is 0 Å². The summed E-state index contributed by atoms with van der Waals surface area (Å²) < 4.78 is 10.7. The number of hydroxylamine groups is 3. The minimum atomic E-state index is -0.942. The minimum absolute atomic E-state index is 0.0810. The average Bonchev–Trinajstić information content (AvgIpc) is 2.41. The van der Waals surface area contributed by atoms with Crippen molar-refractivity contribution in [3.8, 4) is 0 Å². The van der Waals surface area contributed by atoms with Gasteiger partial charge in [-0.25, -0.2) is 10.3 Å². The van der Waals surface area contributed by atoms with Gasteiger partial charge in [0.1, 0.15) is 23.4 Å². The molecule has 2 atom stereocenters. The van der Waals surface area contributed by atoms with Crippen molar-refractivity contribution < 1.29 is 29.0 Å². The Morgan fingerprint density at radius 2 is 1.83 bits per heavy atom. The molecule has 8 heteroatoms. The molecule has 0 saturated carbocycles. The highest BCUT2D eigenvalue weighted by Crippen LogP contribution is 2.17. The molecular weight excluding hydrogens is 304 g/mol. The fourth-order valence-corrected chi connectivity index (χ4v) is 1.63. The molecule has 0 aliphatic heterocycles. The van der Waals surface area contributed by atoms with Crippen LogP contribution in [-0.4, -0.2) is 67.0 Å². The monoisotopic (exact) mass is 336 g/mol. The standard InChI is InChI=1S/C15H32N2O6/c1-11(22-16-7)12(20-8)9-17(23-15(5,6)10-18)13(19)21-14(2,3)4/h11-12,16,18H,9-10H2,1-8H3. The van der Waals surface area contributed by atoms with Crippen LogP contribution in [0.3, 0.4) is 0 Å². The Labute approximate surface area is 138 Å². The second-order valence-electron chi connectivity index (χ2n) is 6.85. The lowest BCUT2D eigenvalue weighted by Crippen LogP contribution is -2.49. The first-order valence-electron chi connectivity index (χ1n) is 7.61. The molecule has 138 valence electrons. The molecule has 8 nitrogen and oxygen atoms in total. The van der Waals surface area contributed by atoms with Gasteiger partial charge in [-0.2, -0.15) is 5.06 Å². The summed E-state index contributed by atoms with van der Waals surface area (Å²) in [5.41, 5.74) is 0.976. The van der Waals surface area contributed by atoms with E-state index in [0.717, 1.165) is 5.06 Å². The van der Waals surface area contributed by atoms with E-state index in [0.29, 0.717) is 0 Å². The van der Waals surface area contributed by atoms with Crippen LogP contribution in [-0.2, 0) is 19.1 Å². The summed E-state index contributed by atoms with van der Waals surface area (Å²) in [6.45, 7) is 10.3. The maximum absolute atomic E-state index is 12.4. The van der Waals surface area contributed by atoms with Crippen LogP contribution < -0.4 is 5.48 Å². The van der Waals surface area contributed by atoms with Crippen molar-refractivity contribution in [1.29, 1.82) is 0 Å². The molecule has 0 aromatic heterocycles. The zero-order valence-corrected chi connectivity index (χ0v) is 15.5. The molecule has 0 fully saturated rings. The number of hydrogen-bond donors (Lipinski definition) is 2. The molecule has 0 aliphatic carbocycles. The molecule has 0 aromatic rings. The first kappa shape index (κ1) is 22.1. The highest BCUT2D eigenvalue weighted by molar-refractivity contribution is 5.66. The normalized spacial score (nSPS) is 15.2. The molecule has 2 N–H and O–H groups in total. The van der Waals surface area contributed by atoms with E-state index in [2.05, 4.69) is 5.48 Å². The predicted octanol–water partition coefficient (Wildman–Crippen LogP) is 1.48. The van der Waals surface area contributed by atoms with Crippen molar-refractivity contribution in [3.05, 3.63) is 0 Å².